The van der Waals surface area contributed by atoms with Gasteiger partial charge in [0.1, 0.15) is 11.9 Å². The molecule has 16 heavy (non-hydrogen) atoms. The minimum Gasteiger partial charge on any atom is -0.489 e. The number of aryl methyl sites for hydroxylation is 1. The highest BCUT2D eigenvalue weighted by atomic mass is 16.5. The van der Waals surface area contributed by atoms with Crippen LogP contribution >= 0.6 is 0 Å². The summed E-state index contributed by atoms with van der Waals surface area (Å²) >= 11 is 0. The lowest BCUT2D eigenvalue weighted by molar-refractivity contribution is -0.109. The Morgan fingerprint density at radius 3 is 2.62 bits per heavy atom. The number of amides is 1. The standard InChI is InChI=1S/C13H19NO2/c1-3-4-13(9-14-10-15)16-12-7-5-11(2)6-8-12/h5-8,10,13H,3-4,9H2,1-2H3,(H,14,15). The summed E-state index contributed by atoms with van der Waals surface area (Å²) in [5, 5.41) is 2.66. The number of hydrogen-bond donors (Lipinski definition) is 1. The van der Waals surface area contributed by atoms with E-state index in [4.69, 9.17) is 4.74 Å². The summed E-state index contributed by atoms with van der Waals surface area (Å²) < 4.78 is 5.79. The lowest BCUT2D eigenvalue weighted by Crippen LogP contribution is -2.30. The number of nitrogens with one attached hydrogen (secondary N) is 1. The lowest BCUT2D eigenvalue weighted by Gasteiger charge is -2.18. The molecular formula is C13H19NO2. The van der Waals surface area contributed by atoms with Gasteiger partial charge in [0.05, 0.1) is 6.54 Å². The summed E-state index contributed by atoms with van der Waals surface area (Å²) in [4.78, 5) is 10.2. The van der Waals surface area contributed by atoms with Gasteiger partial charge in [0.15, 0.2) is 0 Å². The minimum absolute atomic E-state index is 0.0536. The molecule has 1 aromatic carbocycles. The second kappa shape index (κ2) is 6.88. The lowest BCUT2D eigenvalue weighted by atomic mass is 10.2. The zero-order chi connectivity index (χ0) is 11.8. The maximum absolute atomic E-state index is 10.2. The molecule has 0 fully saturated rings. The molecule has 1 unspecified atom stereocenters. The van der Waals surface area contributed by atoms with E-state index in [-0.39, 0.29) is 6.10 Å². The second-order valence-corrected chi connectivity index (χ2v) is 3.87. The Kier molecular flexibility index (Phi) is 5.40. The van der Waals surface area contributed by atoms with Crippen LogP contribution in [-0.4, -0.2) is 19.1 Å². The molecule has 0 saturated heterocycles. The highest BCUT2D eigenvalue weighted by Gasteiger charge is 2.08. The maximum Gasteiger partial charge on any atom is 0.207 e. The summed E-state index contributed by atoms with van der Waals surface area (Å²) in [6.07, 6.45) is 2.74. The third kappa shape index (κ3) is 4.34. The first kappa shape index (κ1) is 12.6. The van der Waals surface area contributed by atoms with Crippen molar-refractivity contribution in [3.05, 3.63) is 29.8 Å². The fraction of sp³-hybridized carbons (Fsp3) is 0.462. The normalized spacial score (nSPS) is 11.9. The molecule has 0 aromatic heterocycles. The van der Waals surface area contributed by atoms with Gasteiger partial charge < -0.3 is 10.1 Å². The maximum atomic E-state index is 10.2. The van der Waals surface area contributed by atoms with Crippen molar-refractivity contribution < 1.29 is 9.53 Å². The van der Waals surface area contributed by atoms with Gasteiger partial charge in [-0.25, -0.2) is 0 Å². The van der Waals surface area contributed by atoms with Gasteiger partial charge in [-0.2, -0.15) is 0 Å². The topological polar surface area (TPSA) is 38.3 Å². The third-order valence-corrected chi connectivity index (χ3v) is 2.36. The van der Waals surface area contributed by atoms with E-state index in [1.54, 1.807) is 0 Å². The molecule has 0 bridgehead atoms. The molecule has 3 heteroatoms. The van der Waals surface area contributed by atoms with Crippen LogP contribution in [0.3, 0.4) is 0 Å². The van der Waals surface area contributed by atoms with E-state index in [9.17, 15) is 4.79 Å². The molecule has 0 heterocycles. The largest absolute Gasteiger partial charge is 0.489 e. The molecule has 1 atom stereocenters. The summed E-state index contributed by atoms with van der Waals surface area (Å²) in [7, 11) is 0. The van der Waals surface area contributed by atoms with Gasteiger partial charge in [-0.3, -0.25) is 4.79 Å². The Labute approximate surface area is 96.8 Å². The number of hydrogen-bond acceptors (Lipinski definition) is 2. The van der Waals surface area contributed by atoms with Gasteiger partial charge in [0, 0.05) is 0 Å². The van der Waals surface area contributed by atoms with Crippen molar-refractivity contribution in [3.63, 3.8) is 0 Å². The Morgan fingerprint density at radius 2 is 2.06 bits per heavy atom. The highest BCUT2D eigenvalue weighted by molar-refractivity contribution is 5.45. The van der Waals surface area contributed by atoms with E-state index in [0.717, 1.165) is 18.6 Å². The van der Waals surface area contributed by atoms with Gasteiger partial charge in [-0.1, -0.05) is 31.0 Å². The van der Waals surface area contributed by atoms with E-state index in [1.807, 2.05) is 31.2 Å². The first-order valence-corrected chi connectivity index (χ1v) is 5.66. The monoisotopic (exact) mass is 221 g/mol. The summed E-state index contributed by atoms with van der Waals surface area (Å²) in [6.45, 7) is 4.71. The van der Waals surface area contributed by atoms with Gasteiger partial charge >= 0.3 is 0 Å². The molecule has 3 nitrogen and oxygen atoms in total. The van der Waals surface area contributed by atoms with Crippen LogP contribution in [0.4, 0.5) is 0 Å². The van der Waals surface area contributed by atoms with Crippen molar-refractivity contribution in [1.29, 1.82) is 0 Å². The fourth-order valence-electron chi connectivity index (χ4n) is 1.51. The van der Waals surface area contributed by atoms with E-state index >= 15 is 0 Å². The molecule has 88 valence electrons. The van der Waals surface area contributed by atoms with E-state index < -0.39 is 0 Å². The first-order chi connectivity index (χ1) is 7.76. The minimum atomic E-state index is 0.0536. The Bertz CT molecular complexity index is 308. The van der Waals surface area contributed by atoms with Crippen molar-refractivity contribution in [2.75, 3.05) is 6.54 Å². The SMILES string of the molecule is CCCC(CNC=O)Oc1ccc(C)cc1. The molecule has 0 aliphatic carbocycles. The summed E-state index contributed by atoms with van der Waals surface area (Å²) in [5.41, 5.74) is 1.21. The molecule has 0 aliphatic rings. The van der Waals surface area contributed by atoms with Crippen LogP contribution in [0, 0.1) is 6.92 Å². The number of ether oxygens (including phenoxy) is 1. The van der Waals surface area contributed by atoms with Crippen molar-refractivity contribution in [1.82, 2.24) is 5.32 Å². The van der Waals surface area contributed by atoms with Crippen LogP contribution < -0.4 is 10.1 Å². The Balaban J connectivity index is 2.52. The molecule has 0 radical (unpaired) electrons. The number of carbonyl (C=O) groups excluding carboxylic acids is 1. The van der Waals surface area contributed by atoms with Crippen LogP contribution in [0.5, 0.6) is 5.75 Å². The van der Waals surface area contributed by atoms with Crippen molar-refractivity contribution in [3.8, 4) is 5.75 Å². The second-order valence-electron chi connectivity index (χ2n) is 3.87. The zero-order valence-corrected chi connectivity index (χ0v) is 9.90. The van der Waals surface area contributed by atoms with Gasteiger partial charge in [-0.05, 0) is 25.5 Å². The smallest absolute Gasteiger partial charge is 0.207 e. The van der Waals surface area contributed by atoms with Gasteiger partial charge in [-0.15, -0.1) is 0 Å². The summed E-state index contributed by atoms with van der Waals surface area (Å²) in [6, 6.07) is 7.95. The van der Waals surface area contributed by atoms with Gasteiger partial charge in [0.25, 0.3) is 0 Å². The molecule has 1 aromatic rings. The fourth-order valence-corrected chi connectivity index (χ4v) is 1.51. The van der Waals surface area contributed by atoms with Crippen LogP contribution in [0.1, 0.15) is 25.3 Å². The number of rotatable bonds is 7. The zero-order valence-electron chi connectivity index (χ0n) is 9.90. The average molecular weight is 221 g/mol. The molecule has 0 spiro atoms. The van der Waals surface area contributed by atoms with Crippen LogP contribution in [0.15, 0.2) is 24.3 Å². The van der Waals surface area contributed by atoms with Gasteiger partial charge in [0.2, 0.25) is 6.41 Å². The van der Waals surface area contributed by atoms with Crippen molar-refractivity contribution >= 4 is 6.41 Å². The molecule has 0 aliphatic heterocycles. The average Bonchev–Trinajstić information content (AvgIpc) is 2.29. The molecule has 1 N–H and O–H groups in total. The molecule has 0 saturated carbocycles. The number of benzene rings is 1. The highest BCUT2D eigenvalue weighted by Crippen LogP contribution is 2.14. The van der Waals surface area contributed by atoms with Crippen LogP contribution in [0.2, 0.25) is 0 Å². The molecule has 1 amide bonds. The predicted octanol–water partition coefficient (Wildman–Crippen LogP) is 2.29. The predicted molar refractivity (Wildman–Crippen MR) is 64.6 cm³/mol. The van der Waals surface area contributed by atoms with Crippen LogP contribution in [0.25, 0.3) is 0 Å². The van der Waals surface area contributed by atoms with Crippen LogP contribution in [-0.2, 0) is 4.79 Å². The van der Waals surface area contributed by atoms with E-state index in [1.165, 1.54) is 5.56 Å². The molecular weight excluding hydrogens is 202 g/mol. The first-order valence-electron chi connectivity index (χ1n) is 5.66. The Hall–Kier alpha value is -1.51. The Morgan fingerprint density at radius 1 is 1.38 bits per heavy atom. The third-order valence-electron chi connectivity index (χ3n) is 2.36. The van der Waals surface area contributed by atoms with Crippen molar-refractivity contribution in [2.24, 2.45) is 0 Å². The number of carbonyl (C=O) groups is 1. The summed E-state index contributed by atoms with van der Waals surface area (Å²) in [5.74, 6) is 0.858. The van der Waals surface area contributed by atoms with Crippen molar-refractivity contribution in [2.45, 2.75) is 32.8 Å². The van der Waals surface area contributed by atoms with E-state index in [2.05, 4.69) is 12.2 Å². The molecule has 1 rings (SSSR count). The quantitative estimate of drug-likeness (QED) is 0.717. The van der Waals surface area contributed by atoms with E-state index in [0.29, 0.717) is 13.0 Å².